The van der Waals surface area contributed by atoms with E-state index in [1.54, 1.807) is 0 Å². The summed E-state index contributed by atoms with van der Waals surface area (Å²) in [6.45, 7) is 5.75. The lowest BCUT2D eigenvalue weighted by Gasteiger charge is -2.18. The van der Waals surface area contributed by atoms with Crippen LogP contribution in [0.5, 0.6) is 0 Å². The maximum absolute atomic E-state index is 11.5. The van der Waals surface area contributed by atoms with Gasteiger partial charge in [-0.3, -0.25) is 0 Å². The maximum Gasteiger partial charge on any atom is 0.211 e. The second kappa shape index (κ2) is 6.64. The molecule has 0 aromatic rings. The van der Waals surface area contributed by atoms with Crippen LogP contribution in [-0.4, -0.2) is 26.1 Å². The van der Waals surface area contributed by atoms with E-state index in [2.05, 4.69) is 4.72 Å². The molecule has 2 atom stereocenters. The number of nitrogens with one attached hydrogen (secondary N) is 1. The van der Waals surface area contributed by atoms with Crippen molar-refractivity contribution in [1.82, 2.24) is 4.72 Å². The smallest absolute Gasteiger partial charge is 0.211 e. The third-order valence-corrected chi connectivity index (χ3v) is 4.27. The highest BCUT2D eigenvalue weighted by Gasteiger charge is 2.17. The van der Waals surface area contributed by atoms with Crippen LogP contribution in [0.4, 0.5) is 0 Å². The number of halogens is 1. The van der Waals surface area contributed by atoms with E-state index in [0.29, 0.717) is 12.3 Å². The first-order valence-electron chi connectivity index (χ1n) is 4.99. The minimum absolute atomic E-state index is 0.0886. The van der Waals surface area contributed by atoms with Crippen LogP contribution in [0.2, 0.25) is 0 Å². The summed E-state index contributed by atoms with van der Waals surface area (Å²) in [5, 5.41) is 0. The summed E-state index contributed by atoms with van der Waals surface area (Å²) in [4.78, 5) is 0. The van der Waals surface area contributed by atoms with Crippen molar-refractivity contribution in [2.24, 2.45) is 5.92 Å². The van der Waals surface area contributed by atoms with E-state index >= 15 is 0 Å². The Morgan fingerprint density at radius 3 is 2.36 bits per heavy atom. The summed E-state index contributed by atoms with van der Waals surface area (Å²) in [6, 6.07) is -0.0886. The van der Waals surface area contributed by atoms with Crippen molar-refractivity contribution in [2.45, 2.75) is 39.7 Å². The highest BCUT2D eigenvalue weighted by Crippen LogP contribution is 2.06. The zero-order valence-corrected chi connectivity index (χ0v) is 10.7. The molecule has 0 radical (unpaired) electrons. The van der Waals surface area contributed by atoms with Gasteiger partial charge in [-0.15, -0.1) is 11.6 Å². The predicted molar refractivity (Wildman–Crippen MR) is 61.2 cm³/mol. The highest BCUT2D eigenvalue weighted by molar-refractivity contribution is 7.89. The largest absolute Gasteiger partial charge is 0.212 e. The van der Waals surface area contributed by atoms with Gasteiger partial charge in [0.25, 0.3) is 0 Å². The van der Waals surface area contributed by atoms with Gasteiger partial charge in [0.1, 0.15) is 0 Å². The van der Waals surface area contributed by atoms with Crippen LogP contribution in [0, 0.1) is 5.92 Å². The predicted octanol–water partition coefficient (Wildman–Crippen LogP) is 1.97. The topological polar surface area (TPSA) is 46.2 Å². The molecule has 0 aliphatic rings. The van der Waals surface area contributed by atoms with Gasteiger partial charge in [0, 0.05) is 11.9 Å². The Kier molecular flexibility index (Phi) is 6.74. The van der Waals surface area contributed by atoms with Crippen LogP contribution in [-0.2, 0) is 10.0 Å². The molecule has 0 fully saturated rings. The lowest BCUT2D eigenvalue weighted by Crippen LogP contribution is -2.38. The third-order valence-electron chi connectivity index (χ3n) is 2.23. The fourth-order valence-electron chi connectivity index (χ4n) is 0.926. The molecule has 0 spiro atoms. The number of sulfonamides is 1. The van der Waals surface area contributed by atoms with Crippen molar-refractivity contribution < 1.29 is 8.42 Å². The Bertz CT molecular complexity index is 241. The van der Waals surface area contributed by atoms with Crippen LogP contribution in [0.25, 0.3) is 0 Å². The maximum atomic E-state index is 11.5. The van der Waals surface area contributed by atoms with Gasteiger partial charge < -0.3 is 0 Å². The SMILES string of the molecule is CCCCS(=O)(=O)NC(C)C(C)CCl. The van der Waals surface area contributed by atoms with Gasteiger partial charge in [-0.1, -0.05) is 20.3 Å². The van der Waals surface area contributed by atoms with Crippen molar-refractivity contribution in [3.05, 3.63) is 0 Å². The van der Waals surface area contributed by atoms with Crippen LogP contribution < -0.4 is 4.72 Å². The van der Waals surface area contributed by atoms with Gasteiger partial charge in [0.15, 0.2) is 0 Å². The molecule has 1 N–H and O–H groups in total. The van der Waals surface area contributed by atoms with Crippen molar-refractivity contribution in [2.75, 3.05) is 11.6 Å². The number of rotatable bonds is 7. The molecule has 0 saturated heterocycles. The molecule has 5 heteroatoms. The third kappa shape index (κ3) is 5.83. The second-order valence-electron chi connectivity index (χ2n) is 3.71. The molecule has 3 nitrogen and oxygen atoms in total. The normalized spacial score (nSPS) is 16.6. The van der Waals surface area contributed by atoms with E-state index < -0.39 is 10.0 Å². The summed E-state index contributed by atoms with van der Waals surface area (Å²) >= 11 is 5.65. The summed E-state index contributed by atoms with van der Waals surface area (Å²) in [6.07, 6.45) is 1.59. The van der Waals surface area contributed by atoms with E-state index in [0.717, 1.165) is 6.42 Å². The van der Waals surface area contributed by atoms with Gasteiger partial charge in [0.05, 0.1) is 5.75 Å². The van der Waals surface area contributed by atoms with E-state index in [4.69, 9.17) is 11.6 Å². The molecule has 0 aromatic heterocycles. The number of hydrogen-bond donors (Lipinski definition) is 1. The Morgan fingerprint density at radius 1 is 1.36 bits per heavy atom. The molecule has 0 aromatic carbocycles. The Balaban J connectivity index is 4.08. The Hall–Kier alpha value is 0.200. The van der Waals surface area contributed by atoms with Crippen LogP contribution in [0.3, 0.4) is 0 Å². The number of hydrogen-bond acceptors (Lipinski definition) is 2. The summed E-state index contributed by atoms with van der Waals surface area (Å²) in [5.74, 6) is 0.841. The van der Waals surface area contributed by atoms with Gasteiger partial charge >= 0.3 is 0 Å². The van der Waals surface area contributed by atoms with E-state index in [9.17, 15) is 8.42 Å². The van der Waals surface area contributed by atoms with Crippen LogP contribution in [0.1, 0.15) is 33.6 Å². The molecule has 0 bridgehead atoms. The van der Waals surface area contributed by atoms with Gasteiger partial charge in [-0.2, -0.15) is 0 Å². The fourth-order valence-corrected chi connectivity index (χ4v) is 2.78. The monoisotopic (exact) mass is 241 g/mol. The molecule has 86 valence electrons. The number of alkyl halides is 1. The average molecular weight is 242 g/mol. The zero-order chi connectivity index (χ0) is 11.2. The van der Waals surface area contributed by atoms with Gasteiger partial charge in [-0.25, -0.2) is 13.1 Å². The first-order chi connectivity index (χ1) is 6.43. The first-order valence-corrected chi connectivity index (χ1v) is 7.17. The van der Waals surface area contributed by atoms with E-state index in [1.165, 1.54) is 0 Å². The van der Waals surface area contributed by atoms with Crippen molar-refractivity contribution >= 4 is 21.6 Å². The molecule has 14 heavy (non-hydrogen) atoms. The second-order valence-corrected chi connectivity index (χ2v) is 5.89. The highest BCUT2D eigenvalue weighted by atomic mass is 35.5. The van der Waals surface area contributed by atoms with E-state index in [-0.39, 0.29) is 17.7 Å². The zero-order valence-electron chi connectivity index (χ0n) is 9.09. The summed E-state index contributed by atoms with van der Waals surface area (Å²) in [7, 11) is -3.11. The van der Waals surface area contributed by atoms with Crippen LogP contribution in [0.15, 0.2) is 0 Å². The van der Waals surface area contributed by atoms with Crippen molar-refractivity contribution in [3.63, 3.8) is 0 Å². The minimum atomic E-state index is -3.11. The molecular formula is C9H20ClNO2S. The molecule has 0 aliphatic carbocycles. The summed E-state index contributed by atoms with van der Waals surface area (Å²) in [5.41, 5.74) is 0. The minimum Gasteiger partial charge on any atom is -0.212 e. The van der Waals surface area contributed by atoms with Crippen molar-refractivity contribution in [3.8, 4) is 0 Å². The first kappa shape index (κ1) is 14.2. The molecular weight excluding hydrogens is 222 g/mol. The molecule has 0 amide bonds. The van der Waals surface area contributed by atoms with E-state index in [1.807, 2.05) is 20.8 Å². The lowest BCUT2D eigenvalue weighted by atomic mass is 10.1. The Labute approximate surface area is 92.3 Å². The van der Waals surface area contributed by atoms with Crippen LogP contribution >= 0.6 is 11.6 Å². The molecule has 0 rings (SSSR count). The fraction of sp³-hybridized carbons (Fsp3) is 1.00. The standard InChI is InChI=1S/C9H20ClNO2S/c1-4-5-6-14(12,13)11-9(3)8(2)7-10/h8-9,11H,4-7H2,1-3H3. The summed E-state index contributed by atoms with van der Waals surface area (Å²) < 4.78 is 25.6. The van der Waals surface area contributed by atoms with Gasteiger partial charge in [0.2, 0.25) is 10.0 Å². The Morgan fingerprint density at radius 2 is 1.93 bits per heavy atom. The molecule has 0 heterocycles. The van der Waals surface area contributed by atoms with Crippen molar-refractivity contribution in [1.29, 1.82) is 0 Å². The quantitative estimate of drug-likeness (QED) is 0.693. The molecule has 0 saturated carbocycles. The molecule has 2 unspecified atom stereocenters. The van der Waals surface area contributed by atoms with Gasteiger partial charge in [-0.05, 0) is 19.3 Å². The molecule has 0 aliphatic heterocycles. The lowest BCUT2D eigenvalue weighted by molar-refractivity contribution is 0.479. The number of unbranched alkanes of at least 4 members (excludes halogenated alkanes) is 1. The average Bonchev–Trinajstić information content (AvgIpc) is 2.12.